The number of aromatic amines is 1. The number of rotatable bonds is 6. The zero-order valence-corrected chi connectivity index (χ0v) is 17.9. The molecule has 2 heterocycles. The molecule has 1 aliphatic heterocycles. The van der Waals surface area contributed by atoms with E-state index in [0.717, 1.165) is 37.9 Å². The van der Waals surface area contributed by atoms with E-state index in [9.17, 15) is 4.79 Å². The molecule has 2 N–H and O–H groups in total. The van der Waals surface area contributed by atoms with E-state index < -0.39 is 0 Å². The minimum atomic E-state index is 0.0131. The fourth-order valence-corrected chi connectivity index (χ4v) is 5.11. The normalized spacial score (nSPS) is 27.0. The quantitative estimate of drug-likeness (QED) is 0.740. The van der Waals surface area contributed by atoms with Gasteiger partial charge in [-0.05, 0) is 63.0 Å². The Morgan fingerprint density at radius 1 is 1.17 bits per heavy atom. The summed E-state index contributed by atoms with van der Waals surface area (Å²) in [6, 6.07) is 12.9. The molecule has 1 aromatic carbocycles. The molecule has 0 bridgehead atoms. The van der Waals surface area contributed by atoms with Crippen LogP contribution in [0.1, 0.15) is 68.5 Å². The minimum absolute atomic E-state index is 0.0131. The average molecular weight is 411 g/mol. The number of likely N-dealkylation sites (tertiary alicyclic amines) is 1. The molecular formula is C24H34N4O2. The molecular weight excluding hydrogens is 376 g/mol. The van der Waals surface area contributed by atoms with Crippen molar-refractivity contribution in [1.82, 2.24) is 20.4 Å². The highest BCUT2D eigenvalue weighted by Crippen LogP contribution is 2.36. The Kier molecular flexibility index (Phi) is 7.05. The van der Waals surface area contributed by atoms with Crippen LogP contribution in [0.4, 0.5) is 4.79 Å². The third-order valence-corrected chi connectivity index (χ3v) is 6.72. The first-order valence-electron chi connectivity index (χ1n) is 11.5. The second-order valence-corrected chi connectivity index (χ2v) is 8.56. The van der Waals surface area contributed by atoms with Crippen molar-refractivity contribution >= 4 is 6.03 Å². The number of nitrogens with zero attached hydrogens (tertiary/aromatic N) is 2. The van der Waals surface area contributed by atoms with Crippen molar-refractivity contribution in [3.8, 4) is 0 Å². The van der Waals surface area contributed by atoms with Gasteiger partial charge in [0.25, 0.3) is 0 Å². The Balaban J connectivity index is 1.38. The third-order valence-electron chi connectivity index (χ3n) is 6.72. The molecule has 6 heteroatoms. The highest BCUT2D eigenvalue weighted by molar-refractivity contribution is 5.74. The molecule has 30 heavy (non-hydrogen) atoms. The van der Waals surface area contributed by atoms with Gasteiger partial charge in [-0.1, -0.05) is 30.3 Å². The molecule has 4 rings (SSSR count). The summed E-state index contributed by atoms with van der Waals surface area (Å²) in [5.41, 5.74) is 2.48. The molecule has 0 radical (unpaired) electrons. The van der Waals surface area contributed by atoms with Gasteiger partial charge >= 0.3 is 6.03 Å². The SMILES string of the molecule is CCNC(=O)N1CCC[C@@H](c2cc[nH]n2)[C@H]1CO[C@H]1CC[C@@H](c2ccccc2)CC1. The number of urea groups is 1. The zero-order valence-electron chi connectivity index (χ0n) is 17.9. The molecule has 162 valence electrons. The lowest BCUT2D eigenvalue weighted by Gasteiger charge is -2.41. The molecule has 0 spiro atoms. The maximum absolute atomic E-state index is 12.7. The van der Waals surface area contributed by atoms with Crippen molar-refractivity contribution in [3.63, 3.8) is 0 Å². The summed E-state index contributed by atoms with van der Waals surface area (Å²) in [4.78, 5) is 14.7. The summed E-state index contributed by atoms with van der Waals surface area (Å²) in [7, 11) is 0. The van der Waals surface area contributed by atoms with Crippen LogP contribution in [0.5, 0.6) is 0 Å². The Morgan fingerprint density at radius 3 is 2.67 bits per heavy atom. The Labute approximate surface area is 179 Å². The predicted octanol–water partition coefficient (Wildman–Crippen LogP) is 4.43. The van der Waals surface area contributed by atoms with Gasteiger partial charge in [-0.2, -0.15) is 5.10 Å². The molecule has 0 unspecified atom stereocenters. The van der Waals surface area contributed by atoms with Crippen LogP contribution in [0.3, 0.4) is 0 Å². The summed E-state index contributed by atoms with van der Waals surface area (Å²) in [6.07, 6.45) is 8.68. The van der Waals surface area contributed by atoms with E-state index in [2.05, 4.69) is 45.8 Å². The molecule has 1 saturated carbocycles. The van der Waals surface area contributed by atoms with Crippen molar-refractivity contribution in [1.29, 1.82) is 0 Å². The van der Waals surface area contributed by atoms with E-state index in [0.29, 0.717) is 19.1 Å². The molecule has 1 aliphatic carbocycles. The molecule has 6 nitrogen and oxygen atoms in total. The van der Waals surface area contributed by atoms with Gasteiger partial charge in [0.2, 0.25) is 0 Å². The van der Waals surface area contributed by atoms with E-state index >= 15 is 0 Å². The maximum atomic E-state index is 12.7. The fraction of sp³-hybridized carbons (Fsp3) is 0.583. The van der Waals surface area contributed by atoms with Crippen LogP contribution >= 0.6 is 0 Å². The largest absolute Gasteiger partial charge is 0.376 e. The fourth-order valence-electron chi connectivity index (χ4n) is 5.11. The van der Waals surface area contributed by atoms with Gasteiger partial charge in [-0.15, -0.1) is 0 Å². The molecule has 2 amide bonds. The Hall–Kier alpha value is -2.34. The van der Waals surface area contributed by atoms with Crippen LogP contribution in [0.15, 0.2) is 42.6 Å². The van der Waals surface area contributed by atoms with Gasteiger partial charge in [0.1, 0.15) is 0 Å². The average Bonchev–Trinajstić information content (AvgIpc) is 3.33. The van der Waals surface area contributed by atoms with Gasteiger partial charge < -0.3 is 15.0 Å². The Morgan fingerprint density at radius 2 is 1.97 bits per heavy atom. The van der Waals surface area contributed by atoms with Crippen molar-refractivity contribution in [2.24, 2.45) is 0 Å². The van der Waals surface area contributed by atoms with E-state index in [4.69, 9.17) is 4.74 Å². The smallest absolute Gasteiger partial charge is 0.317 e. The van der Waals surface area contributed by atoms with Crippen LogP contribution < -0.4 is 5.32 Å². The number of hydrogen-bond acceptors (Lipinski definition) is 3. The summed E-state index contributed by atoms with van der Waals surface area (Å²) in [5, 5.41) is 10.3. The molecule has 1 saturated heterocycles. The summed E-state index contributed by atoms with van der Waals surface area (Å²) < 4.78 is 6.43. The maximum Gasteiger partial charge on any atom is 0.317 e. The predicted molar refractivity (Wildman–Crippen MR) is 118 cm³/mol. The first-order valence-corrected chi connectivity index (χ1v) is 11.5. The first kappa shape index (κ1) is 20.9. The van der Waals surface area contributed by atoms with Crippen molar-refractivity contribution < 1.29 is 9.53 Å². The molecule has 1 aromatic heterocycles. The Bertz CT molecular complexity index is 772. The van der Waals surface area contributed by atoms with Crippen LogP contribution in [0, 0.1) is 0 Å². The number of carbonyl (C=O) groups is 1. The number of nitrogens with one attached hydrogen (secondary N) is 2. The topological polar surface area (TPSA) is 70.2 Å². The van der Waals surface area contributed by atoms with E-state index in [-0.39, 0.29) is 24.1 Å². The van der Waals surface area contributed by atoms with Gasteiger partial charge in [0.15, 0.2) is 0 Å². The van der Waals surface area contributed by atoms with Crippen molar-refractivity contribution in [2.45, 2.75) is 69.4 Å². The van der Waals surface area contributed by atoms with Crippen molar-refractivity contribution in [3.05, 3.63) is 53.9 Å². The van der Waals surface area contributed by atoms with E-state index in [1.54, 1.807) is 0 Å². The standard InChI is InChI=1S/C24H34N4O2/c1-2-25-24(29)28-16-6-9-21(22-14-15-26-27-22)23(28)17-30-20-12-10-19(11-13-20)18-7-4-3-5-8-18/h3-5,7-8,14-15,19-21,23H,2,6,9-13,16-17H2,1H3,(H,25,29)(H,26,27)/t19-,20+,21-,23+/m0/s1. The lowest BCUT2D eigenvalue weighted by molar-refractivity contribution is -0.0170. The van der Waals surface area contributed by atoms with Crippen LogP contribution in [-0.2, 0) is 4.74 Å². The summed E-state index contributed by atoms with van der Waals surface area (Å²) in [5.74, 6) is 0.859. The van der Waals surface area contributed by atoms with E-state index in [1.807, 2.05) is 24.1 Å². The van der Waals surface area contributed by atoms with Crippen LogP contribution in [0.2, 0.25) is 0 Å². The number of amides is 2. The van der Waals surface area contributed by atoms with Crippen molar-refractivity contribution in [2.75, 3.05) is 19.7 Å². The number of H-pyrrole nitrogens is 1. The monoisotopic (exact) mass is 410 g/mol. The van der Waals surface area contributed by atoms with Crippen LogP contribution in [0.25, 0.3) is 0 Å². The lowest BCUT2D eigenvalue weighted by atomic mass is 9.82. The van der Waals surface area contributed by atoms with Gasteiger partial charge in [0, 0.05) is 25.2 Å². The highest BCUT2D eigenvalue weighted by Gasteiger charge is 2.37. The number of benzene rings is 1. The zero-order chi connectivity index (χ0) is 20.8. The molecule has 2 aliphatic rings. The second kappa shape index (κ2) is 10.1. The molecule has 2 fully saturated rings. The number of carbonyl (C=O) groups excluding carboxylic acids is 1. The minimum Gasteiger partial charge on any atom is -0.376 e. The van der Waals surface area contributed by atoms with Gasteiger partial charge in [0.05, 0.1) is 24.4 Å². The number of hydrogen-bond donors (Lipinski definition) is 2. The van der Waals surface area contributed by atoms with Crippen LogP contribution in [-0.4, -0.2) is 53.0 Å². The first-order chi connectivity index (χ1) is 14.8. The second-order valence-electron chi connectivity index (χ2n) is 8.56. The number of piperidine rings is 1. The summed E-state index contributed by atoms with van der Waals surface area (Å²) >= 11 is 0. The van der Waals surface area contributed by atoms with E-state index in [1.165, 1.54) is 18.4 Å². The van der Waals surface area contributed by atoms with Gasteiger partial charge in [-0.3, -0.25) is 5.10 Å². The highest BCUT2D eigenvalue weighted by atomic mass is 16.5. The lowest BCUT2D eigenvalue weighted by Crippen LogP contribution is -2.53. The number of ether oxygens (including phenoxy) is 1. The van der Waals surface area contributed by atoms with Gasteiger partial charge in [-0.25, -0.2) is 4.79 Å². The molecule has 2 atom stereocenters. The molecule has 2 aromatic rings. The summed E-state index contributed by atoms with van der Waals surface area (Å²) in [6.45, 7) is 3.96. The third kappa shape index (κ3) is 4.86. The number of aromatic nitrogens is 2.